The van der Waals surface area contributed by atoms with E-state index in [1.165, 1.54) is 0 Å². The summed E-state index contributed by atoms with van der Waals surface area (Å²) >= 11 is 7.59. The second kappa shape index (κ2) is 4.65. The molecule has 0 bridgehead atoms. The van der Waals surface area contributed by atoms with Gasteiger partial charge in [-0.1, -0.05) is 22.9 Å². The number of anilines is 1. The molecule has 1 saturated heterocycles. The van der Waals surface area contributed by atoms with Crippen LogP contribution in [0.2, 0.25) is 5.02 Å². The molecule has 1 aromatic heterocycles. The van der Waals surface area contributed by atoms with Crippen molar-refractivity contribution in [3.05, 3.63) is 23.2 Å². The molecule has 3 rings (SSSR count). The molecule has 100 valence electrons. The molecule has 6 heteroatoms. The van der Waals surface area contributed by atoms with E-state index in [-0.39, 0.29) is 11.8 Å². The third-order valence-corrected chi connectivity index (χ3v) is 4.60. The Morgan fingerprint density at radius 3 is 2.89 bits per heavy atom. The average molecular weight is 296 g/mol. The van der Waals surface area contributed by atoms with Gasteiger partial charge in [-0.25, -0.2) is 4.98 Å². The Hall–Kier alpha value is -1.33. The first kappa shape index (κ1) is 12.7. The van der Waals surface area contributed by atoms with Crippen LogP contribution in [-0.4, -0.2) is 43.0 Å². The van der Waals surface area contributed by atoms with E-state index in [2.05, 4.69) is 9.88 Å². The van der Waals surface area contributed by atoms with Gasteiger partial charge in [-0.3, -0.25) is 4.79 Å². The normalized spacial score (nSPS) is 15.6. The Balaban J connectivity index is 1.75. The van der Waals surface area contributed by atoms with Crippen molar-refractivity contribution in [3.8, 4) is 0 Å². The first-order valence-corrected chi connectivity index (χ1v) is 7.26. The number of amides is 1. The van der Waals surface area contributed by atoms with Crippen LogP contribution in [0, 0.1) is 5.92 Å². The molecule has 0 aliphatic carbocycles. The quantitative estimate of drug-likeness (QED) is 0.854. The van der Waals surface area contributed by atoms with Crippen molar-refractivity contribution in [1.82, 2.24) is 9.88 Å². The highest BCUT2D eigenvalue weighted by molar-refractivity contribution is 7.22. The van der Waals surface area contributed by atoms with Gasteiger partial charge in [0.1, 0.15) is 0 Å². The molecule has 4 nitrogen and oxygen atoms in total. The molecule has 1 aliphatic heterocycles. The molecule has 2 heterocycles. The van der Waals surface area contributed by atoms with Crippen LogP contribution >= 0.6 is 22.9 Å². The van der Waals surface area contributed by atoms with Gasteiger partial charge in [0.2, 0.25) is 5.91 Å². The number of fused-ring (bicyclic) bond motifs is 1. The van der Waals surface area contributed by atoms with Gasteiger partial charge in [0.05, 0.1) is 16.1 Å². The van der Waals surface area contributed by atoms with E-state index in [9.17, 15) is 4.79 Å². The summed E-state index contributed by atoms with van der Waals surface area (Å²) in [6, 6.07) is 5.71. The Labute approximate surface area is 120 Å². The van der Waals surface area contributed by atoms with E-state index in [0.717, 1.165) is 33.5 Å². The largest absolute Gasteiger partial charge is 0.348 e. The van der Waals surface area contributed by atoms with Crippen molar-refractivity contribution in [2.24, 2.45) is 5.92 Å². The number of hydrogen-bond acceptors (Lipinski definition) is 4. The topological polar surface area (TPSA) is 36.4 Å². The monoisotopic (exact) mass is 295 g/mol. The third kappa shape index (κ3) is 2.28. The van der Waals surface area contributed by atoms with Crippen LogP contribution in [0.3, 0.4) is 0 Å². The second-order valence-corrected chi connectivity index (χ2v) is 6.39. The highest BCUT2D eigenvalue weighted by Crippen LogP contribution is 2.34. The number of benzene rings is 1. The second-order valence-electron chi connectivity index (χ2n) is 4.94. The smallest absolute Gasteiger partial charge is 0.228 e. The van der Waals surface area contributed by atoms with Gasteiger partial charge in [-0.2, -0.15) is 0 Å². The number of carbonyl (C=O) groups excluding carboxylic acids is 1. The maximum absolute atomic E-state index is 11.8. The molecule has 1 fully saturated rings. The predicted molar refractivity (Wildman–Crippen MR) is 79.0 cm³/mol. The van der Waals surface area contributed by atoms with Crippen molar-refractivity contribution >= 4 is 44.2 Å². The number of rotatable bonds is 2. The zero-order valence-electron chi connectivity index (χ0n) is 10.8. The van der Waals surface area contributed by atoms with Crippen LogP contribution < -0.4 is 4.90 Å². The van der Waals surface area contributed by atoms with E-state index >= 15 is 0 Å². The molecule has 2 aromatic rings. The molecular formula is C13H14ClN3OS. The van der Waals surface area contributed by atoms with Crippen LogP contribution in [0.25, 0.3) is 10.2 Å². The van der Waals surface area contributed by atoms with Crippen LogP contribution in [0.5, 0.6) is 0 Å². The Bertz CT molecular complexity index is 634. The number of carbonyl (C=O) groups is 1. The number of aromatic nitrogens is 1. The summed E-state index contributed by atoms with van der Waals surface area (Å²) < 4.78 is 1.09. The van der Waals surface area contributed by atoms with E-state index in [1.54, 1.807) is 30.3 Å². The summed E-state index contributed by atoms with van der Waals surface area (Å²) in [6.07, 6.45) is 0. The summed E-state index contributed by atoms with van der Waals surface area (Å²) in [4.78, 5) is 20.2. The molecule has 19 heavy (non-hydrogen) atoms. The molecule has 0 radical (unpaired) electrons. The Morgan fingerprint density at radius 2 is 2.21 bits per heavy atom. The van der Waals surface area contributed by atoms with Crippen molar-refractivity contribution < 1.29 is 4.79 Å². The molecule has 1 aliphatic rings. The molecule has 0 unspecified atom stereocenters. The Kier molecular flexibility index (Phi) is 3.11. The average Bonchev–Trinajstić information content (AvgIpc) is 2.69. The molecule has 1 aromatic carbocycles. The van der Waals surface area contributed by atoms with Gasteiger partial charge in [-0.05, 0) is 18.2 Å². The van der Waals surface area contributed by atoms with Gasteiger partial charge in [0, 0.05) is 32.2 Å². The van der Waals surface area contributed by atoms with Crippen LogP contribution in [0.15, 0.2) is 18.2 Å². The van der Waals surface area contributed by atoms with E-state index in [0.29, 0.717) is 0 Å². The predicted octanol–water partition coefficient (Wildman–Crippen LogP) is 2.47. The highest BCUT2D eigenvalue weighted by atomic mass is 35.5. The minimum Gasteiger partial charge on any atom is -0.348 e. The van der Waals surface area contributed by atoms with E-state index in [1.807, 2.05) is 18.2 Å². The lowest BCUT2D eigenvalue weighted by molar-refractivity contribution is -0.133. The maximum Gasteiger partial charge on any atom is 0.228 e. The van der Waals surface area contributed by atoms with Gasteiger partial charge < -0.3 is 9.80 Å². The van der Waals surface area contributed by atoms with Crippen molar-refractivity contribution in [3.63, 3.8) is 0 Å². The molecule has 0 atom stereocenters. The summed E-state index contributed by atoms with van der Waals surface area (Å²) in [5, 5.41) is 1.70. The summed E-state index contributed by atoms with van der Waals surface area (Å²) in [6.45, 7) is 1.51. The van der Waals surface area contributed by atoms with Crippen LogP contribution in [-0.2, 0) is 4.79 Å². The molecule has 0 saturated carbocycles. The van der Waals surface area contributed by atoms with Crippen LogP contribution in [0.4, 0.5) is 5.13 Å². The maximum atomic E-state index is 11.8. The molecule has 0 N–H and O–H groups in total. The van der Waals surface area contributed by atoms with Gasteiger partial charge in [0.25, 0.3) is 0 Å². The van der Waals surface area contributed by atoms with Crippen molar-refractivity contribution in [2.75, 3.05) is 32.1 Å². The lowest BCUT2D eigenvalue weighted by atomic mass is 10.00. The minimum atomic E-state index is 0.102. The standard InChI is InChI=1S/C13H14ClN3OS/c1-16(2)12(18)8-6-17(7-8)13-15-10-4-3-9(14)5-11(10)19-13/h3-5,8H,6-7H2,1-2H3. The van der Waals surface area contributed by atoms with E-state index in [4.69, 9.17) is 11.6 Å². The first-order valence-electron chi connectivity index (χ1n) is 6.07. The van der Waals surface area contributed by atoms with Crippen molar-refractivity contribution in [2.45, 2.75) is 0 Å². The van der Waals surface area contributed by atoms with Gasteiger partial charge in [0.15, 0.2) is 5.13 Å². The zero-order chi connectivity index (χ0) is 13.6. The third-order valence-electron chi connectivity index (χ3n) is 3.28. The molecule has 0 spiro atoms. The summed E-state index contributed by atoms with van der Waals surface area (Å²) in [7, 11) is 3.59. The summed E-state index contributed by atoms with van der Waals surface area (Å²) in [5.41, 5.74) is 0.965. The van der Waals surface area contributed by atoms with Crippen molar-refractivity contribution in [1.29, 1.82) is 0 Å². The van der Waals surface area contributed by atoms with Gasteiger partial charge >= 0.3 is 0 Å². The number of halogens is 1. The van der Waals surface area contributed by atoms with Crippen LogP contribution in [0.1, 0.15) is 0 Å². The number of thiazole rings is 1. The zero-order valence-corrected chi connectivity index (χ0v) is 12.3. The SMILES string of the molecule is CN(C)C(=O)C1CN(c2nc3ccc(Cl)cc3s2)C1. The fourth-order valence-electron chi connectivity index (χ4n) is 2.18. The molecular weight excluding hydrogens is 282 g/mol. The van der Waals surface area contributed by atoms with Gasteiger partial charge in [-0.15, -0.1) is 0 Å². The van der Waals surface area contributed by atoms with E-state index < -0.39 is 0 Å². The number of nitrogens with zero attached hydrogens (tertiary/aromatic N) is 3. The first-order chi connectivity index (χ1) is 9.04. The number of hydrogen-bond donors (Lipinski definition) is 0. The highest BCUT2D eigenvalue weighted by Gasteiger charge is 2.35. The lowest BCUT2D eigenvalue weighted by Crippen LogP contribution is -2.53. The molecule has 1 amide bonds. The summed E-state index contributed by atoms with van der Waals surface area (Å²) in [5.74, 6) is 0.297. The minimum absolute atomic E-state index is 0.102. The fourth-order valence-corrected chi connectivity index (χ4v) is 3.44. The fraction of sp³-hybridized carbons (Fsp3) is 0.385. The Morgan fingerprint density at radius 1 is 1.47 bits per heavy atom. The lowest BCUT2D eigenvalue weighted by Gasteiger charge is -2.39.